The zero-order valence-electron chi connectivity index (χ0n) is 11.9. The maximum absolute atomic E-state index is 10.1. The summed E-state index contributed by atoms with van der Waals surface area (Å²) in [6.07, 6.45) is 8.59. The Labute approximate surface area is 134 Å². The Balaban J connectivity index is 2.57. The predicted molar refractivity (Wildman–Crippen MR) is 90.4 cm³/mol. The molecule has 0 bridgehead atoms. The zero-order chi connectivity index (χ0) is 14.3. The molecule has 0 atom stereocenters. The number of rotatable bonds is 8. The van der Waals surface area contributed by atoms with Crippen molar-refractivity contribution < 1.29 is 5.11 Å². The molecule has 0 radical (unpaired) electrons. The minimum Gasteiger partial charge on any atom is -0.508 e. The molecule has 108 valence electrons. The van der Waals surface area contributed by atoms with E-state index in [1.54, 1.807) is 6.07 Å². The standard InChI is InChI=1S/C16H24Br2O/c1-3-4-5-6-7-8-10-13-14(16(2,17)18)11-9-12-15(13)19/h9,11-12,19H,3-8,10H2,1-2H3. The van der Waals surface area contributed by atoms with Gasteiger partial charge in [-0.25, -0.2) is 0 Å². The SMILES string of the molecule is CCCCCCCCc1c(O)cccc1C(C)(Br)Br. The number of hydrogen-bond acceptors (Lipinski definition) is 1. The van der Waals surface area contributed by atoms with Crippen LogP contribution in [0.4, 0.5) is 0 Å². The number of phenols is 1. The Morgan fingerprint density at radius 1 is 1.05 bits per heavy atom. The van der Waals surface area contributed by atoms with Crippen LogP contribution in [0.25, 0.3) is 0 Å². The van der Waals surface area contributed by atoms with Crippen molar-refractivity contribution in [2.24, 2.45) is 0 Å². The van der Waals surface area contributed by atoms with Gasteiger partial charge in [-0.3, -0.25) is 0 Å². The molecule has 0 amide bonds. The molecule has 0 aliphatic rings. The molecule has 0 aliphatic carbocycles. The van der Waals surface area contributed by atoms with Crippen LogP contribution in [0.5, 0.6) is 5.75 Å². The van der Waals surface area contributed by atoms with Gasteiger partial charge in [0.2, 0.25) is 0 Å². The van der Waals surface area contributed by atoms with Gasteiger partial charge in [0.1, 0.15) is 8.98 Å². The number of aromatic hydroxyl groups is 1. The lowest BCUT2D eigenvalue weighted by molar-refractivity contribution is 0.464. The molecule has 0 spiro atoms. The molecular weight excluding hydrogens is 368 g/mol. The first-order valence-electron chi connectivity index (χ1n) is 7.16. The molecule has 3 heteroatoms. The van der Waals surface area contributed by atoms with E-state index in [0.717, 1.165) is 24.0 Å². The number of benzene rings is 1. The molecule has 0 unspecified atom stereocenters. The molecule has 0 heterocycles. The van der Waals surface area contributed by atoms with Gasteiger partial charge in [0, 0.05) is 0 Å². The molecular formula is C16H24Br2O. The van der Waals surface area contributed by atoms with E-state index < -0.39 is 0 Å². The van der Waals surface area contributed by atoms with Gasteiger partial charge in [-0.15, -0.1) is 0 Å². The quantitative estimate of drug-likeness (QED) is 0.409. The number of halogens is 2. The lowest BCUT2D eigenvalue weighted by atomic mass is 9.98. The minimum absolute atomic E-state index is 0.268. The largest absolute Gasteiger partial charge is 0.508 e. The summed E-state index contributed by atoms with van der Waals surface area (Å²) in [6.45, 7) is 4.29. The second-order valence-corrected chi connectivity index (χ2v) is 9.45. The van der Waals surface area contributed by atoms with Crippen LogP contribution in [0, 0.1) is 0 Å². The summed E-state index contributed by atoms with van der Waals surface area (Å²) in [6, 6.07) is 5.74. The lowest BCUT2D eigenvalue weighted by Gasteiger charge is -2.20. The van der Waals surface area contributed by atoms with Gasteiger partial charge in [0.15, 0.2) is 0 Å². The first kappa shape index (κ1) is 17.0. The highest BCUT2D eigenvalue weighted by atomic mass is 79.9. The zero-order valence-corrected chi connectivity index (χ0v) is 15.1. The summed E-state index contributed by atoms with van der Waals surface area (Å²) in [7, 11) is 0. The van der Waals surface area contributed by atoms with Crippen LogP contribution < -0.4 is 0 Å². The van der Waals surface area contributed by atoms with E-state index in [1.807, 2.05) is 13.0 Å². The Hall–Kier alpha value is -0.0200. The van der Waals surface area contributed by atoms with Crippen molar-refractivity contribution in [3.63, 3.8) is 0 Å². The molecule has 1 aromatic rings. The number of hydrogen-bond donors (Lipinski definition) is 1. The third-order valence-electron chi connectivity index (χ3n) is 3.40. The normalized spacial score (nSPS) is 11.8. The van der Waals surface area contributed by atoms with Gasteiger partial charge in [0.25, 0.3) is 0 Å². The third kappa shape index (κ3) is 5.86. The van der Waals surface area contributed by atoms with E-state index in [0.29, 0.717) is 5.75 Å². The molecule has 1 rings (SSSR count). The molecule has 0 aromatic heterocycles. The Bertz CT molecular complexity index is 383. The number of unbranched alkanes of at least 4 members (excludes halogenated alkanes) is 5. The van der Waals surface area contributed by atoms with Gasteiger partial charge >= 0.3 is 0 Å². The molecule has 1 aromatic carbocycles. The topological polar surface area (TPSA) is 20.2 Å². The minimum atomic E-state index is -0.268. The van der Waals surface area contributed by atoms with Crippen LogP contribution in [0.3, 0.4) is 0 Å². The van der Waals surface area contributed by atoms with E-state index in [4.69, 9.17) is 0 Å². The maximum atomic E-state index is 10.1. The first-order valence-corrected chi connectivity index (χ1v) is 8.74. The van der Waals surface area contributed by atoms with Crippen LogP contribution in [0.15, 0.2) is 18.2 Å². The molecule has 0 fully saturated rings. The molecule has 1 nitrogen and oxygen atoms in total. The van der Waals surface area contributed by atoms with Crippen LogP contribution in [0.2, 0.25) is 0 Å². The predicted octanol–water partition coefficient (Wildman–Crippen LogP) is 6.26. The fourth-order valence-corrected chi connectivity index (χ4v) is 3.07. The van der Waals surface area contributed by atoms with E-state index in [9.17, 15) is 5.11 Å². The van der Waals surface area contributed by atoms with Crippen LogP contribution in [0.1, 0.15) is 63.5 Å². The average Bonchev–Trinajstić information content (AvgIpc) is 2.33. The van der Waals surface area contributed by atoms with Gasteiger partial charge in [-0.2, -0.15) is 0 Å². The van der Waals surface area contributed by atoms with Crippen LogP contribution in [-0.4, -0.2) is 5.11 Å². The Morgan fingerprint density at radius 2 is 1.68 bits per heavy atom. The van der Waals surface area contributed by atoms with Gasteiger partial charge < -0.3 is 5.11 Å². The number of alkyl halides is 2. The van der Waals surface area contributed by atoms with Crippen molar-refractivity contribution in [3.05, 3.63) is 29.3 Å². The van der Waals surface area contributed by atoms with Crippen molar-refractivity contribution in [1.82, 2.24) is 0 Å². The van der Waals surface area contributed by atoms with Crippen molar-refractivity contribution >= 4 is 31.9 Å². The highest BCUT2D eigenvalue weighted by molar-refractivity contribution is 9.24. The average molecular weight is 392 g/mol. The monoisotopic (exact) mass is 390 g/mol. The van der Waals surface area contributed by atoms with E-state index >= 15 is 0 Å². The van der Waals surface area contributed by atoms with E-state index in [2.05, 4.69) is 44.8 Å². The molecule has 0 aliphatic heterocycles. The summed E-state index contributed by atoms with van der Waals surface area (Å²) < 4.78 is -0.268. The van der Waals surface area contributed by atoms with E-state index in [-0.39, 0.29) is 3.23 Å². The second kappa shape index (κ2) is 8.31. The highest BCUT2D eigenvalue weighted by Gasteiger charge is 2.23. The Morgan fingerprint density at radius 3 is 2.32 bits per heavy atom. The summed E-state index contributed by atoms with van der Waals surface area (Å²) in [5.74, 6) is 0.413. The first-order chi connectivity index (χ1) is 8.96. The smallest absolute Gasteiger partial charge is 0.119 e. The van der Waals surface area contributed by atoms with Crippen LogP contribution in [-0.2, 0) is 9.65 Å². The second-order valence-electron chi connectivity index (χ2n) is 5.21. The summed E-state index contributed by atoms with van der Waals surface area (Å²) in [4.78, 5) is 0. The maximum Gasteiger partial charge on any atom is 0.119 e. The van der Waals surface area contributed by atoms with Crippen LogP contribution >= 0.6 is 31.9 Å². The summed E-state index contributed by atoms with van der Waals surface area (Å²) in [5, 5.41) is 10.1. The molecule has 1 N–H and O–H groups in total. The summed E-state index contributed by atoms with van der Waals surface area (Å²) >= 11 is 7.24. The fourth-order valence-electron chi connectivity index (χ4n) is 2.33. The van der Waals surface area contributed by atoms with Crippen molar-refractivity contribution in [2.75, 3.05) is 0 Å². The summed E-state index contributed by atoms with van der Waals surface area (Å²) in [5.41, 5.74) is 2.19. The van der Waals surface area contributed by atoms with Gasteiger partial charge in [-0.05, 0) is 37.0 Å². The van der Waals surface area contributed by atoms with Crippen molar-refractivity contribution in [2.45, 2.75) is 62.0 Å². The molecule has 19 heavy (non-hydrogen) atoms. The van der Waals surface area contributed by atoms with E-state index in [1.165, 1.54) is 32.1 Å². The molecule has 0 saturated carbocycles. The Kier molecular flexibility index (Phi) is 7.45. The molecule has 0 saturated heterocycles. The van der Waals surface area contributed by atoms with Crippen molar-refractivity contribution in [3.8, 4) is 5.75 Å². The lowest BCUT2D eigenvalue weighted by Crippen LogP contribution is -2.07. The van der Waals surface area contributed by atoms with Crippen molar-refractivity contribution in [1.29, 1.82) is 0 Å². The number of phenolic OH excluding ortho intramolecular Hbond substituents is 1. The van der Waals surface area contributed by atoms with Gasteiger partial charge in [0.05, 0.1) is 0 Å². The highest BCUT2D eigenvalue weighted by Crippen LogP contribution is 2.41. The van der Waals surface area contributed by atoms with Gasteiger partial charge in [-0.1, -0.05) is 83.0 Å². The fraction of sp³-hybridized carbons (Fsp3) is 0.625. The third-order valence-corrected chi connectivity index (χ3v) is 4.26.